The van der Waals surface area contributed by atoms with Crippen molar-refractivity contribution in [2.45, 2.75) is 77.4 Å². The molecule has 1 rings (SSSR count). The lowest BCUT2D eigenvalue weighted by Crippen LogP contribution is -2.47. The number of carboxylic acids is 5. The quantitative estimate of drug-likeness (QED) is 0.0778. The molecule has 0 aromatic heterocycles. The number of carbonyl (C=O) groups excluding carboxylic acids is 2. The molecule has 0 spiro atoms. The van der Waals surface area contributed by atoms with Crippen molar-refractivity contribution in [3.05, 3.63) is 29.8 Å². The third kappa shape index (κ3) is 29.3. The van der Waals surface area contributed by atoms with Gasteiger partial charge in [-0.3, -0.25) is 19.2 Å². The van der Waals surface area contributed by atoms with E-state index in [1.807, 2.05) is 0 Å². The molecule has 19 nitrogen and oxygen atoms in total. The molecule has 4 amide bonds. The predicted octanol–water partition coefficient (Wildman–Crippen LogP) is 0.241. The fourth-order valence-corrected chi connectivity index (χ4v) is 3.04. The molecule has 0 bridgehead atoms. The summed E-state index contributed by atoms with van der Waals surface area (Å²) in [4.78, 5) is 74.0. The molecule has 268 valence electrons. The van der Waals surface area contributed by atoms with Gasteiger partial charge in [0.2, 0.25) is 0 Å². The minimum Gasteiger partial charge on any atom is -0.481 e. The van der Waals surface area contributed by atoms with Crippen molar-refractivity contribution in [3.8, 4) is 0 Å². The number of benzene rings is 1. The lowest BCUT2D eigenvalue weighted by atomic mass is 10.1. The van der Waals surface area contributed by atoms with Gasteiger partial charge in [0.05, 0.1) is 6.42 Å². The number of nitrogens with two attached hydrogens (primary N) is 5. The minimum absolute atomic E-state index is 0.0208. The lowest BCUT2D eigenvalue weighted by Gasteiger charge is -2.27. The van der Waals surface area contributed by atoms with Crippen molar-refractivity contribution in [1.29, 1.82) is 0 Å². The highest BCUT2D eigenvalue weighted by molar-refractivity contribution is 5.81. The van der Waals surface area contributed by atoms with Crippen LogP contribution in [0.25, 0.3) is 0 Å². The van der Waals surface area contributed by atoms with E-state index in [0.717, 1.165) is 4.90 Å². The smallest absolute Gasteiger partial charge is 0.326 e. The zero-order chi connectivity index (χ0) is 37.1. The Kier molecular flexibility index (Phi) is 26.7. The van der Waals surface area contributed by atoms with Gasteiger partial charge in [-0.15, -0.1) is 0 Å². The summed E-state index contributed by atoms with van der Waals surface area (Å²) in [6.07, 6.45) is 1.56. The van der Waals surface area contributed by atoms with Crippen molar-refractivity contribution in [2.75, 3.05) is 18.8 Å². The maximum Gasteiger partial charge on any atom is 0.326 e. The third-order valence-electron chi connectivity index (χ3n) is 5.62. The first kappa shape index (κ1) is 46.3. The summed E-state index contributed by atoms with van der Waals surface area (Å²) < 4.78 is 0. The van der Waals surface area contributed by atoms with Crippen LogP contribution in [-0.4, -0.2) is 97.5 Å². The fraction of sp³-hybridized carbons (Fsp3) is 0.536. The Morgan fingerprint density at radius 2 is 1.23 bits per heavy atom. The summed E-state index contributed by atoms with van der Waals surface area (Å²) in [5.41, 5.74) is 27.1. The number of unbranched alkanes of at least 4 members (excludes halogenated alkanes) is 1. The molecule has 16 N–H and O–H groups in total. The zero-order valence-electron chi connectivity index (χ0n) is 26.5. The molecule has 0 heterocycles. The minimum atomic E-state index is -1.17. The van der Waals surface area contributed by atoms with Gasteiger partial charge in [-0.1, -0.05) is 26.0 Å². The molecule has 19 heteroatoms. The standard InChI is InChI=1S/C14H21N5O4.C6H10O4.C5H11NO2.C3H7NO2/c15-10-5-3-9(4-6-10)8-19(14(17)23)11(12(20)21)2-1-7-18-13(16)22;7-5(8)3-1-2-4-6(9)10;1-3(2)4(6)5(7)8;4-2-1-3(5)6/h3-6,11H,1-2,7-8,15H2,(H2,17,23)(H,20,21)(H3,16,18,22);1-4H2,(H,7,8)(H,9,10);3-4H,6H2,1-2H3,(H,7,8);1-2,4H2,(H,5,6). The summed E-state index contributed by atoms with van der Waals surface area (Å²) in [6.45, 7) is 4.05. The molecule has 0 radical (unpaired) electrons. The number of aliphatic carboxylic acids is 5. The number of nitrogen functional groups attached to an aromatic ring is 1. The summed E-state index contributed by atoms with van der Waals surface area (Å²) in [5, 5.41) is 44.0. The fourth-order valence-electron chi connectivity index (χ4n) is 3.04. The van der Waals surface area contributed by atoms with Crippen LogP contribution in [0.2, 0.25) is 0 Å². The Hall–Kier alpha value is -5.17. The van der Waals surface area contributed by atoms with E-state index in [0.29, 0.717) is 30.5 Å². The number of carboxylic acid groups (broad SMARTS) is 5. The number of hydrogen-bond donors (Lipinski definition) is 11. The monoisotopic (exact) mass is 675 g/mol. The third-order valence-corrected chi connectivity index (χ3v) is 5.62. The largest absolute Gasteiger partial charge is 0.481 e. The van der Waals surface area contributed by atoms with Crippen LogP contribution in [0.3, 0.4) is 0 Å². The molecule has 1 aromatic rings. The first-order chi connectivity index (χ1) is 21.8. The number of rotatable bonds is 17. The van der Waals surface area contributed by atoms with Gasteiger partial charge in [-0.2, -0.15) is 0 Å². The van der Waals surface area contributed by atoms with Crippen LogP contribution in [0.5, 0.6) is 0 Å². The van der Waals surface area contributed by atoms with E-state index in [1.165, 1.54) is 0 Å². The highest BCUT2D eigenvalue weighted by Gasteiger charge is 2.28. The molecule has 0 aliphatic rings. The molecule has 0 fully saturated rings. The average Bonchev–Trinajstić information content (AvgIpc) is 2.95. The second-order valence-corrected chi connectivity index (χ2v) is 10.0. The lowest BCUT2D eigenvalue weighted by molar-refractivity contribution is -0.143. The molecule has 2 unspecified atom stereocenters. The van der Waals surface area contributed by atoms with Gasteiger partial charge in [-0.05, 0) is 49.3 Å². The van der Waals surface area contributed by atoms with Crippen molar-refractivity contribution in [2.24, 2.45) is 28.9 Å². The van der Waals surface area contributed by atoms with Crippen LogP contribution >= 0.6 is 0 Å². The number of urea groups is 2. The average molecular weight is 676 g/mol. The number of nitrogens with one attached hydrogen (secondary N) is 1. The van der Waals surface area contributed by atoms with Crippen LogP contribution < -0.4 is 34.0 Å². The van der Waals surface area contributed by atoms with E-state index in [1.54, 1.807) is 38.1 Å². The maximum absolute atomic E-state index is 11.6. The number of amides is 4. The molecule has 47 heavy (non-hydrogen) atoms. The second kappa shape index (κ2) is 27.2. The van der Waals surface area contributed by atoms with Crippen molar-refractivity contribution in [1.82, 2.24) is 10.2 Å². The molecule has 1 aromatic carbocycles. The molecule has 0 saturated carbocycles. The summed E-state index contributed by atoms with van der Waals surface area (Å²) in [7, 11) is 0. The van der Waals surface area contributed by atoms with Crippen molar-refractivity contribution >= 4 is 47.6 Å². The number of nitrogens with zero attached hydrogens (tertiary/aromatic N) is 1. The van der Waals surface area contributed by atoms with E-state index in [2.05, 4.69) is 5.32 Å². The Morgan fingerprint density at radius 3 is 1.51 bits per heavy atom. The van der Waals surface area contributed by atoms with Crippen LogP contribution in [0.1, 0.15) is 64.4 Å². The SMILES string of the molecule is CC(C)C(N)C(=O)O.NC(=O)NCCCC(C(=O)O)N(Cc1ccc(N)cc1)C(N)=O.NCCC(=O)O.O=C(O)CCCCC(=O)O. The van der Waals surface area contributed by atoms with Gasteiger partial charge in [0.1, 0.15) is 12.1 Å². The van der Waals surface area contributed by atoms with Crippen LogP contribution in [0.4, 0.5) is 15.3 Å². The first-order valence-corrected chi connectivity index (χ1v) is 14.3. The van der Waals surface area contributed by atoms with E-state index in [4.69, 9.17) is 49.1 Å². The van der Waals surface area contributed by atoms with E-state index in [9.17, 15) is 38.7 Å². The Bertz CT molecular complexity index is 1100. The van der Waals surface area contributed by atoms with Crippen molar-refractivity contribution in [3.63, 3.8) is 0 Å². The molecule has 0 aliphatic carbocycles. The Labute approximate surface area is 272 Å². The van der Waals surface area contributed by atoms with E-state index >= 15 is 0 Å². The number of anilines is 1. The van der Waals surface area contributed by atoms with Gasteiger partial charge in [0.15, 0.2) is 0 Å². The van der Waals surface area contributed by atoms with E-state index in [-0.39, 0.29) is 51.2 Å². The summed E-state index contributed by atoms with van der Waals surface area (Å²) >= 11 is 0. The van der Waals surface area contributed by atoms with Crippen LogP contribution in [-0.2, 0) is 30.5 Å². The topological polar surface area (TPSA) is 366 Å². The molecule has 2 atom stereocenters. The Balaban J connectivity index is -0.000000661. The second-order valence-electron chi connectivity index (χ2n) is 10.0. The van der Waals surface area contributed by atoms with Gasteiger partial charge in [0.25, 0.3) is 0 Å². The van der Waals surface area contributed by atoms with E-state index < -0.39 is 54.0 Å². The molecule has 0 aliphatic heterocycles. The Morgan fingerprint density at radius 1 is 0.766 bits per heavy atom. The van der Waals surface area contributed by atoms with Crippen molar-refractivity contribution < 1.29 is 59.1 Å². The summed E-state index contributed by atoms with van der Waals surface area (Å²) in [5.74, 6) is -4.65. The number of carbonyl (C=O) groups is 7. The zero-order valence-corrected chi connectivity index (χ0v) is 26.5. The highest BCUT2D eigenvalue weighted by atomic mass is 16.4. The predicted molar refractivity (Wildman–Crippen MR) is 170 cm³/mol. The normalized spacial score (nSPS) is 11.0. The van der Waals surface area contributed by atoms with Gasteiger partial charge in [0, 0.05) is 38.2 Å². The van der Waals surface area contributed by atoms with Gasteiger partial charge >= 0.3 is 41.9 Å². The molecular weight excluding hydrogens is 626 g/mol. The van der Waals surface area contributed by atoms with Gasteiger partial charge in [-0.25, -0.2) is 14.4 Å². The first-order valence-electron chi connectivity index (χ1n) is 14.3. The number of primary amides is 2. The van der Waals surface area contributed by atoms with Gasteiger partial charge < -0.3 is 64.4 Å². The highest BCUT2D eigenvalue weighted by Crippen LogP contribution is 2.14. The molecular formula is C28H49N7O12. The summed E-state index contributed by atoms with van der Waals surface area (Å²) in [6, 6.07) is 3.36. The maximum atomic E-state index is 11.6. The molecule has 0 saturated heterocycles. The van der Waals surface area contributed by atoms with Crippen LogP contribution in [0, 0.1) is 5.92 Å². The van der Waals surface area contributed by atoms with Crippen LogP contribution in [0.15, 0.2) is 24.3 Å². The number of hydrogen-bond acceptors (Lipinski definition) is 10.